The summed E-state index contributed by atoms with van der Waals surface area (Å²) in [6, 6.07) is 7.94. The highest BCUT2D eigenvalue weighted by atomic mass is 35.5. The largest absolute Gasteiger partial charge is 0.416 e. The maximum absolute atomic E-state index is 12.8. The van der Waals surface area contributed by atoms with Crippen LogP contribution in [0.5, 0.6) is 0 Å². The van der Waals surface area contributed by atoms with Gasteiger partial charge < -0.3 is 4.90 Å². The molecule has 0 spiro atoms. The number of anilines is 1. The molecule has 0 aromatic heterocycles. The molecule has 0 amide bonds. The van der Waals surface area contributed by atoms with E-state index in [9.17, 15) is 23.3 Å². The van der Waals surface area contributed by atoms with Crippen LogP contribution in [0.15, 0.2) is 36.4 Å². The Morgan fingerprint density at radius 3 is 2.50 bits per heavy atom. The Balaban J connectivity index is 1.87. The summed E-state index contributed by atoms with van der Waals surface area (Å²) in [5.74, 6) is 0. The minimum atomic E-state index is -4.35. The number of nitro groups is 1. The number of rotatable bonds is 2. The molecule has 0 radical (unpaired) electrons. The van der Waals surface area contributed by atoms with Gasteiger partial charge in [0.2, 0.25) is 0 Å². The molecule has 1 aliphatic heterocycles. The van der Waals surface area contributed by atoms with Crippen LogP contribution in [0.4, 0.5) is 24.5 Å². The number of benzene rings is 2. The molecule has 0 atom stereocenters. The summed E-state index contributed by atoms with van der Waals surface area (Å²) in [5, 5.41) is 11.0. The third kappa shape index (κ3) is 3.17. The van der Waals surface area contributed by atoms with Crippen LogP contribution in [0, 0.1) is 10.1 Å². The Hall–Kier alpha value is -2.28. The molecule has 24 heavy (non-hydrogen) atoms. The smallest absolute Gasteiger partial charge is 0.366 e. The Kier molecular flexibility index (Phi) is 4.13. The zero-order valence-electron chi connectivity index (χ0n) is 12.3. The second-order valence-electron chi connectivity index (χ2n) is 5.55. The zero-order chi connectivity index (χ0) is 17.5. The van der Waals surface area contributed by atoms with Crippen molar-refractivity contribution in [3.05, 3.63) is 68.2 Å². The first kappa shape index (κ1) is 16.6. The lowest BCUT2D eigenvalue weighted by Crippen LogP contribution is -2.30. The normalized spacial score (nSPS) is 14.4. The van der Waals surface area contributed by atoms with Gasteiger partial charge in [0.1, 0.15) is 0 Å². The molecule has 0 N–H and O–H groups in total. The van der Waals surface area contributed by atoms with Gasteiger partial charge in [0.15, 0.2) is 0 Å². The molecule has 3 rings (SSSR count). The number of nitrogens with zero attached hydrogens (tertiary/aromatic N) is 2. The standard InChI is InChI=1S/C16H12ClF3N2O2/c17-14-8-13(22(23)24)3-4-15(14)21-6-5-10-7-12(16(18,19)20)2-1-11(10)9-21/h1-4,7-8H,5-6,9H2. The number of halogens is 4. The molecular weight excluding hydrogens is 345 g/mol. The van der Waals surface area contributed by atoms with Crippen LogP contribution in [0.25, 0.3) is 0 Å². The number of nitro benzene ring substituents is 1. The number of non-ortho nitro benzene ring substituents is 1. The van der Waals surface area contributed by atoms with E-state index >= 15 is 0 Å². The fraction of sp³-hybridized carbons (Fsp3) is 0.250. The van der Waals surface area contributed by atoms with Crippen molar-refractivity contribution in [2.24, 2.45) is 0 Å². The highest BCUT2D eigenvalue weighted by molar-refractivity contribution is 6.33. The van der Waals surface area contributed by atoms with Gasteiger partial charge in [0.05, 0.1) is 21.2 Å². The SMILES string of the molecule is O=[N+]([O-])c1ccc(N2CCc3cc(C(F)(F)F)ccc3C2)c(Cl)c1. The molecule has 2 aromatic carbocycles. The molecule has 2 aromatic rings. The number of alkyl halides is 3. The molecule has 0 bridgehead atoms. The molecule has 0 fully saturated rings. The minimum Gasteiger partial charge on any atom is -0.366 e. The molecule has 0 saturated carbocycles. The van der Waals surface area contributed by atoms with Crippen LogP contribution >= 0.6 is 11.6 Å². The summed E-state index contributed by atoms with van der Waals surface area (Å²) < 4.78 is 38.3. The fourth-order valence-electron chi connectivity index (χ4n) is 2.80. The first-order valence-corrected chi connectivity index (χ1v) is 7.51. The van der Waals surface area contributed by atoms with Crippen molar-refractivity contribution in [2.75, 3.05) is 11.4 Å². The van der Waals surface area contributed by atoms with E-state index in [0.29, 0.717) is 30.8 Å². The highest BCUT2D eigenvalue weighted by Gasteiger charge is 2.31. The molecule has 1 aliphatic rings. The van der Waals surface area contributed by atoms with Gasteiger partial charge >= 0.3 is 6.18 Å². The van der Waals surface area contributed by atoms with Gasteiger partial charge in [-0.25, -0.2) is 0 Å². The molecule has 0 aliphatic carbocycles. The third-order valence-electron chi connectivity index (χ3n) is 4.03. The topological polar surface area (TPSA) is 46.4 Å². The van der Waals surface area contributed by atoms with E-state index in [1.165, 1.54) is 24.3 Å². The molecule has 4 nitrogen and oxygen atoms in total. The second-order valence-corrected chi connectivity index (χ2v) is 5.95. The van der Waals surface area contributed by atoms with E-state index in [2.05, 4.69) is 0 Å². The lowest BCUT2D eigenvalue weighted by Gasteiger charge is -2.31. The van der Waals surface area contributed by atoms with Crippen LogP contribution in [0.3, 0.4) is 0 Å². The van der Waals surface area contributed by atoms with Crippen molar-refractivity contribution in [2.45, 2.75) is 19.1 Å². The quantitative estimate of drug-likeness (QED) is 0.572. The highest BCUT2D eigenvalue weighted by Crippen LogP contribution is 2.35. The van der Waals surface area contributed by atoms with Crippen molar-refractivity contribution < 1.29 is 18.1 Å². The van der Waals surface area contributed by atoms with E-state index in [1.807, 2.05) is 4.90 Å². The molecular formula is C16H12ClF3N2O2. The zero-order valence-corrected chi connectivity index (χ0v) is 13.1. The van der Waals surface area contributed by atoms with E-state index in [-0.39, 0.29) is 10.7 Å². The Labute approximate surface area is 140 Å². The predicted molar refractivity (Wildman–Crippen MR) is 84.3 cm³/mol. The van der Waals surface area contributed by atoms with Crippen LogP contribution in [-0.2, 0) is 19.1 Å². The monoisotopic (exact) mass is 356 g/mol. The summed E-state index contributed by atoms with van der Waals surface area (Å²) in [5.41, 5.74) is 1.34. The molecule has 8 heteroatoms. The Morgan fingerprint density at radius 1 is 1.12 bits per heavy atom. The third-order valence-corrected chi connectivity index (χ3v) is 4.33. The van der Waals surface area contributed by atoms with Gasteiger partial charge in [0, 0.05) is 25.2 Å². The summed E-state index contributed by atoms with van der Waals surface area (Å²) in [7, 11) is 0. The summed E-state index contributed by atoms with van der Waals surface area (Å²) in [4.78, 5) is 12.1. The van der Waals surface area contributed by atoms with Crippen molar-refractivity contribution in [1.29, 1.82) is 0 Å². The summed E-state index contributed by atoms with van der Waals surface area (Å²) >= 11 is 6.12. The maximum atomic E-state index is 12.8. The van der Waals surface area contributed by atoms with Crippen molar-refractivity contribution >= 4 is 23.0 Å². The van der Waals surface area contributed by atoms with Crippen LogP contribution in [0.1, 0.15) is 16.7 Å². The average molecular weight is 357 g/mol. The molecule has 1 heterocycles. The predicted octanol–water partition coefficient (Wildman–Crippen LogP) is 4.83. The van der Waals surface area contributed by atoms with Gasteiger partial charge in [0.25, 0.3) is 5.69 Å². The lowest BCUT2D eigenvalue weighted by atomic mass is 9.96. The van der Waals surface area contributed by atoms with Gasteiger partial charge in [-0.05, 0) is 35.7 Å². The van der Waals surface area contributed by atoms with Gasteiger partial charge in [-0.3, -0.25) is 10.1 Å². The number of fused-ring (bicyclic) bond motifs is 1. The van der Waals surface area contributed by atoms with Crippen LogP contribution in [0.2, 0.25) is 5.02 Å². The van der Waals surface area contributed by atoms with Crippen molar-refractivity contribution in [1.82, 2.24) is 0 Å². The number of hydrogen-bond donors (Lipinski definition) is 0. The van der Waals surface area contributed by atoms with Gasteiger partial charge in [-0.2, -0.15) is 13.2 Å². The average Bonchev–Trinajstić information content (AvgIpc) is 2.52. The van der Waals surface area contributed by atoms with Crippen molar-refractivity contribution in [3.63, 3.8) is 0 Å². The Bertz CT molecular complexity index is 808. The maximum Gasteiger partial charge on any atom is 0.416 e. The fourth-order valence-corrected chi connectivity index (χ4v) is 3.10. The first-order chi connectivity index (χ1) is 11.3. The molecule has 0 unspecified atom stereocenters. The van der Waals surface area contributed by atoms with E-state index in [1.54, 1.807) is 6.07 Å². The second kappa shape index (κ2) is 5.98. The summed E-state index contributed by atoms with van der Waals surface area (Å²) in [6.07, 6.45) is -3.90. The molecule has 0 saturated heterocycles. The lowest BCUT2D eigenvalue weighted by molar-refractivity contribution is -0.384. The minimum absolute atomic E-state index is 0.101. The van der Waals surface area contributed by atoms with E-state index in [4.69, 9.17) is 11.6 Å². The van der Waals surface area contributed by atoms with Crippen molar-refractivity contribution in [3.8, 4) is 0 Å². The van der Waals surface area contributed by atoms with E-state index in [0.717, 1.165) is 11.6 Å². The van der Waals surface area contributed by atoms with Crippen LogP contribution < -0.4 is 4.90 Å². The first-order valence-electron chi connectivity index (χ1n) is 7.13. The van der Waals surface area contributed by atoms with Gasteiger partial charge in [-0.15, -0.1) is 0 Å². The Morgan fingerprint density at radius 2 is 1.88 bits per heavy atom. The van der Waals surface area contributed by atoms with Gasteiger partial charge in [-0.1, -0.05) is 17.7 Å². The van der Waals surface area contributed by atoms with Crippen LogP contribution in [-0.4, -0.2) is 11.5 Å². The summed E-state index contributed by atoms with van der Waals surface area (Å²) in [6.45, 7) is 0.900. The number of hydrogen-bond acceptors (Lipinski definition) is 3. The molecule has 126 valence electrons. The van der Waals surface area contributed by atoms with E-state index < -0.39 is 16.7 Å².